The molecule has 4 rings (SSSR count). The third-order valence-electron chi connectivity index (χ3n) is 5.26. The maximum atomic E-state index is 13.0. The highest BCUT2D eigenvalue weighted by Crippen LogP contribution is 2.37. The highest BCUT2D eigenvalue weighted by molar-refractivity contribution is 9.10. The second-order valence-corrected chi connectivity index (χ2v) is 8.64. The predicted molar refractivity (Wildman–Crippen MR) is 139 cm³/mol. The van der Waals surface area contributed by atoms with E-state index in [0.29, 0.717) is 34.7 Å². The number of benzene rings is 4. The zero-order valence-electron chi connectivity index (χ0n) is 19.1. The molecule has 0 aliphatic heterocycles. The molecule has 0 radical (unpaired) electrons. The monoisotopic (exact) mass is 534 g/mol. The fourth-order valence-corrected chi connectivity index (χ4v) is 4.21. The Morgan fingerprint density at radius 3 is 2.60 bits per heavy atom. The molecule has 0 saturated carbocycles. The number of nitrogens with one attached hydrogen (secondary N) is 1. The minimum absolute atomic E-state index is 0.104. The largest absolute Gasteiger partial charge is 0.490 e. The third-order valence-corrected chi connectivity index (χ3v) is 5.85. The lowest BCUT2D eigenvalue weighted by atomic mass is 10.1. The van der Waals surface area contributed by atoms with Crippen molar-refractivity contribution in [1.82, 2.24) is 5.43 Å². The summed E-state index contributed by atoms with van der Waals surface area (Å²) in [4.78, 5) is 12.1. The number of amides is 1. The van der Waals surface area contributed by atoms with E-state index in [-0.39, 0.29) is 18.1 Å². The molecule has 5 nitrogen and oxygen atoms in total. The number of fused-ring (bicyclic) bond motifs is 1. The molecule has 0 aliphatic rings. The Morgan fingerprint density at radius 1 is 1.03 bits per heavy atom. The Bertz CT molecular complexity index is 1350. The molecule has 4 aromatic carbocycles. The average molecular weight is 535 g/mol. The molecule has 178 valence electrons. The molecule has 1 amide bonds. The van der Waals surface area contributed by atoms with Gasteiger partial charge in [0, 0.05) is 0 Å². The van der Waals surface area contributed by atoms with Gasteiger partial charge in [0.15, 0.2) is 11.5 Å². The van der Waals surface area contributed by atoms with Gasteiger partial charge in [0.05, 0.1) is 23.7 Å². The molecular formula is C28H24BrFN2O3. The van der Waals surface area contributed by atoms with Gasteiger partial charge in [-0.3, -0.25) is 4.79 Å². The van der Waals surface area contributed by atoms with E-state index in [0.717, 1.165) is 21.9 Å². The number of carbonyl (C=O) groups excluding carboxylic acids is 1. The van der Waals surface area contributed by atoms with Gasteiger partial charge < -0.3 is 9.47 Å². The number of rotatable bonds is 9. The van der Waals surface area contributed by atoms with Crippen LogP contribution in [-0.4, -0.2) is 18.7 Å². The number of hydrogen-bond donors (Lipinski definition) is 1. The molecule has 0 bridgehead atoms. The maximum Gasteiger partial charge on any atom is 0.244 e. The van der Waals surface area contributed by atoms with Crippen molar-refractivity contribution < 1.29 is 18.7 Å². The SMILES string of the molecule is CCOc1cc(/C=N/NC(=O)Cc2ccc(F)cc2)cc(Br)c1OCc1cccc2ccccc12. The first-order valence-corrected chi connectivity index (χ1v) is 11.9. The van der Waals surface area contributed by atoms with E-state index in [1.54, 1.807) is 12.1 Å². The molecule has 0 aromatic heterocycles. The Kier molecular flexibility index (Phi) is 8.11. The molecule has 0 atom stereocenters. The normalized spacial score (nSPS) is 11.1. The Balaban J connectivity index is 1.45. The summed E-state index contributed by atoms with van der Waals surface area (Å²) < 4.78 is 25.7. The van der Waals surface area contributed by atoms with E-state index in [9.17, 15) is 9.18 Å². The molecule has 0 unspecified atom stereocenters. The second-order valence-electron chi connectivity index (χ2n) is 7.79. The summed E-state index contributed by atoms with van der Waals surface area (Å²) in [5.74, 6) is 0.526. The van der Waals surface area contributed by atoms with Crippen molar-refractivity contribution in [2.75, 3.05) is 6.61 Å². The summed E-state index contributed by atoms with van der Waals surface area (Å²) in [5, 5.41) is 6.34. The van der Waals surface area contributed by atoms with Gasteiger partial charge in [-0.1, -0.05) is 54.6 Å². The van der Waals surface area contributed by atoms with E-state index in [2.05, 4.69) is 44.7 Å². The van der Waals surface area contributed by atoms with Crippen LogP contribution >= 0.6 is 15.9 Å². The van der Waals surface area contributed by atoms with Crippen molar-refractivity contribution in [2.24, 2.45) is 5.10 Å². The first-order chi connectivity index (χ1) is 17.0. The Hall–Kier alpha value is -3.71. The Labute approximate surface area is 211 Å². The van der Waals surface area contributed by atoms with Crippen LogP contribution < -0.4 is 14.9 Å². The van der Waals surface area contributed by atoms with Crippen LogP contribution in [-0.2, 0) is 17.8 Å². The summed E-state index contributed by atoms with van der Waals surface area (Å²) in [5.41, 5.74) is 4.99. The summed E-state index contributed by atoms with van der Waals surface area (Å²) in [6.45, 7) is 2.75. The summed E-state index contributed by atoms with van der Waals surface area (Å²) >= 11 is 3.58. The number of nitrogens with zero attached hydrogens (tertiary/aromatic N) is 1. The third kappa shape index (κ3) is 6.45. The van der Waals surface area contributed by atoms with Crippen LogP contribution in [0.15, 0.2) is 88.4 Å². The van der Waals surface area contributed by atoms with Crippen LogP contribution in [0.4, 0.5) is 4.39 Å². The first kappa shape index (κ1) is 24.4. The van der Waals surface area contributed by atoms with Crippen LogP contribution in [0.3, 0.4) is 0 Å². The molecule has 1 N–H and O–H groups in total. The molecule has 35 heavy (non-hydrogen) atoms. The Morgan fingerprint density at radius 2 is 1.80 bits per heavy atom. The lowest BCUT2D eigenvalue weighted by molar-refractivity contribution is -0.120. The van der Waals surface area contributed by atoms with Gasteiger partial charge in [0.25, 0.3) is 0 Å². The smallest absolute Gasteiger partial charge is 0.244 e. The van der Waals surface area contributed by atoms with Crippen LogP contribution in [0.5, 0.6) is 11.5 Å². The fraction of sp³-hybridized carbons (Fsp3) is 0.143. The van der Waals surface area contributed by atoms with Gasteiger partial charge in [-0.05, 0) is 74.6 Å². The molecular weight excluding hydrogens is 511 g/mol. The molecule has 0 saturated heterocycles. The summed E-state index contributed by atoms with van der Waals surface area (Å²) in [7, 11) is 0. The van der Waals surface area contributed by atoms with E-state index < -0.39 is 0 Å². The number of hydrogen-bond acceptors (Lipinski definition) is 4. The zero-order valence-corrected chi connectivity index (χ0v) is 20.7. The van der Waals surface area contributed by atoms with E-state index >= 15 is 0 Å². The van der Waals surface area contributed by atoms with Crippen molar-refractivity contribution in [3.63, 3.8) is 0 Å². The molecule has 0 fully saturated rings. The highest BCUT2D eigenvalue weighted by Gasteiger charge is 2.13. The molecule has 0 aliphatic carbocycles. The lowest BCUT2D eigenvalue weighted by Crippen LogP contribution is -2.19. The molecule has 0 heterocycles. The fourth-order valence-electron chi connectivity index (χ4n) is 3.64. The van der Waals surface area contributed by atoms with Crippen molar-refractivity contribution in [3.05, 3.63) is 106 Å². The van der Waals surface area contributed by atoms with E-state index in [1.807, 2.05) is 43.3 Å². The van der Waals surface area contributed by atoms with Crippen LogP contribution in [0.1, 0.15) is 23.6 Å². The summed E-state index contributed by atoms with van der Waals surface area (Å²) in [6.07, 6.45) is 1.64. The molecule has 4 aromatic rings. The van der Waals surface area contributed by atoms with Crippen LogP contribution in [0.25, 0.3) is 10.8 Å². The van der Waals surface area contributed by atoms with Crippen molar-refractivity contribution in [1.29, 1.82) is 0 Å². The minimum Gasteiger partial charge on any atom is -0.490 e. The van der Waals surface area contributed by atoms with E-state index in [4.69, 9.17) is 9.47 Å². The molecule has 0 spiro atoms. The van der Waals surface area contributed by atoms with Gasteiger partial charge in [-0.25, -0.2) is 9.82 Å². The average Bonchev–Trinajstić information content (AvgIpc) is 2.85. The standard InChI is InChI=1S/C28H24BrFN2O3/c1-2-34-26-15-20(17-31-32-27(33)16-19-10-12-23(30)13-11-19)14-25(29)28(26)35-18-22-8-5-7-21-6-3-4-9-24(21)22/h3-15,17H,2,16,18H2,1H3,(H,32,33)/b31-17+. The quantitative estimate of drug-likeness (QED) is 0.199. The number of ether oxygens (including phenoxy) is 2. The number of carbonyl (C=O) groups is 1. The number of hydrazone groups is 1. The van der Waals surface area contributed by atoms with Gasteiger partial charge in [-0.2, -0.15) is 5.10 Å². The van der Waals surface area contributed by atoms with Crippen molar-refractivity contribution in [3.8, 4) is 11.5 Å². The predicted octanol–water partition coefficient (Wildman–Crippen LogP) is 6.41. The van der Waals surface area contributed by atoms with Crippen molar-refractivity contribution >= 4 is 38.8 Å². The maximum absolute atomic E-state index is 13.0. The lowest BCUT2D eigenvalue weighted by Gasteiger charge is -2.15. The topological polar surface area (TPSA) is 59.9 Å². The van der Waals surface area contributed by atoms with E-state index in [1.165, 1.54) is 18.3 Å². The van der Waals surface area contributed by atoms with Gasteiger partial charge in [0.1, 0.15) is 12.4 Å². The second kappa shape index (κ2) is 11.6. The zero-order chi connectivity index (χ0) is 24.6. The minimum atomic E-state index is -0.340. The van der Waals surface area contributed by atoms with Gasteiger partial charge in [-0.15, -0.1) is 0 Å². The number of halogens is 2. The van der Waals surface area contributed by atoms with Crippen molar-refractivity contribution in [2.45, 2.75) is 20.0 Å². The van der Waals surface area contributed by atoms with Crippen LogP contribution in [0, 0.1) is 5.82 Å². The first-order valence-electron chi connectivity index (χ1n) is 11.2. The molecule has 7 heteroatoms. The van der Waals surface area contributed by atoms with Gasteiger partial charge >= 0.3 is 0 Å². The highest BCUT2D eigenvalue weighted by atomic mass is 79.9. The van der Waals surface area contributed by atoms with Gasteiger partial charge in [0.2, 0.25) is 5.91 Å². The van der Waals surface area contributed by atoms with Crippen LogP contribution in [0.2, 0.25) is 0 Å². The summed E-state index contributed by atoms with van der Waals surface area (Å²) in [6, 6.07) is 23.8.